The van der Waals surface area contributed by atoms with E-state index in [-0.39, 0.29) is 0 Å². The first kappa shape index (κ1) is 16.0. The Morgan fingerprint density at radius 1 is 1.47 bits per heavy atom. The lowest BCUT2D eigenvalue weighted by Gasteiger charge is -2.44. The number of aliphatic hydroxyl groups excluding tert-OH is 3. The Balaban J connectivity index is 2.86. The zero-order valence-corrected chi connectivity index (χ0v) is 10.1. The minimum absolute atomic E-state index is 0.888. The van der Waals surface area contributed by atoms with Gasteiger partial charge in [-0.15, -0.1) is 0 Å². The summed E-state index contributed by atoms with van der Waals surface area (Å²) in [6.07, 6.45) is -7.29. The second kappa shape index (κ2) is 5.54. The summed E-state index contributed by atoms with van der Waals surface area (Å²) in [5.41, 5.74) is 11.3. The summed E-state index contributed by atoms with van der Waals surface area (Å²) < 4.78 is 37.7. The third kappa shape index (κ3) is 3.50. The molecule has 12 nitrogen and oxygen atoms in total. The molecule has 1 aliphatic heterocycles. The Morgan fingerprint density at radius 2 is 2.05 bits per heavy atom. The van der Waals surface area contributed by atoms with Crippen LogP contribution in [0.3, 0.4) is 0 Å². The Labute approximate surface area is 106 Å². The zero-order valence-electron chi connectivity index (χ0n) is 9.27. The predicted octanol–water partition coefficient (Wildman–Crippen LogP) is -2.79. The molecule has 1 rings (SSSR count). The van der Waals surface area contributed by atoms with Crippen molar-refractivity contribution in [2.24, 2.45) is 10.8 Å². The Kier molecular flexibility index (Phi) is 4.67. The van der Waals surface area contributed by atoms with Gasteiger partial charge in [0.05, 0.1) is 6.61 Å². The summed E-state index contributed by atoms with van der Waals surface area (Å²) in [7, 11) is -4.79. The summed E-state index contributed by atoms with van der Waals surface area (Å²) in [5.74, 6) is 0. The van der Waals surface area contributed by atoms with E-state index in [4.69, 9.17) is 15.8 Å². The van der Waals surface area contributed by atoms with Crippen molar-refractivity contribution < 1.29 is 37.2 Å². The summed E-state index contributed by atoms with van der Waals surface area (Å²) in [6, 6.07) is 0. The van der Waals surface area contributed by atoms with Gasteiger partial charge in [-0.25, -0.2) is 4.18 Å². The van der Waals surface area contributed by atoms with Gasteiger partial charge in [0.2, 0.25) is 0 Å². The van der Waals surface area contributed by atoms with Crippen LogP contribution in [0.5, 0.6) is 0 Å². The van der Waals surface area contributed by atoms with Crippen molar-refractivity contribution in [2.45, 2.75) is 30.3 Å². The third-order valence-corrected chi connectivity index (χ3v) is 2.91. The maximum atomic E-state index is 10.4. The van der Waals surface area contributed by atoms with E-state index in [9.17, 15) is 23.7 Å². The third-order valence-electron chi connectivity index (χ3n) is 2.48. The topological polar surface area (TPSA) is 208 Å². The standard InChI is InChI=1S/C6H12N4O8S/c7-6(9-10-8)4(12)3(11)2(18-5(6)13)1-17-19(14,15)16/h2-5,11-13H,1,7H2,(H,14,15,16)/t2-,3+,4+,5?,6+/m1/s1. The minimum Gasteiger partial charge on any atom is -0.388 e. The molecule has 1 saturated heterocycles. The van der Waals surface area contributed by atoms with Crippen LogP contribution in [0.25, 0.3) is 10.4 Å². The number of rotatable bonds is 4. The van der Waals surface area contributed by atoms with Crippen LogP contribution >= 0.6 is 0 Å². The van der Waals surface area contributed by atoms with Crippen LogP contribution in [0.2, 0.25) is 0 Å². The summed E-state index contributed by atoms with van der Waals surface area (Å²) in [5, 5.41) is 31.7. The minimum atomic E-state index is -4.79. The lowest BCUT2D eigenvalue weighted by Crippen LogP contribution is -2.69. The molecule has 1 aliphatic rings. The summed E-state index contributed by atoms with van der Waals surface area (Å²) >= 11 is 0. The van der Waals surface area contributed by atoms with Crippen LogP contribution in [0.4, 0.5) is 0 Å². The number of azide groups is 1. The first-order valence-corrected chi connectivity index (χ1v) is 6.15. The van der Waals surface area contributed by atoms with Crippen molar-refractivity contribution >= 4 is 10.4 Å². The molecule has 0 aliphatic carbocycles. The van der Waals surface area contributed by atoms with Crippen LogP contribution in [0, 0.1) is 0 Å². The smallest absolute Gasteiger partial charge is 0.388 e. The average molecular weight is 300 g/mol. The highest BCUT2D eigenvalue weighted by Crippen LogP contribution is 2.28. The number of nitrogens with two attached hydrogens (primary N) is 1. The monoisotopic (exact) mass is 300 g/mol. The average Bonchev–Trinajstić information content (AvgIpc) is 2.29. The van der Waals surface area contributed by atoms with Gasteiger partial charge < -0.3 is 25.8 Å². The van der Waals surface area contributed by atoms with Crippen LogP contribution < -0.4 is 5.73 Å². The van der Waals surface area contributed by atoms with E-state index >= 15 is 0 Å². The molecule has 110 valence electrons. The fraction of sp³-hybridized carbons (Fsp3) is 1.00. The summed E-state index contributed by atoms with van der Waals surface area (Å²) in [6.45, 7) is -0.888. The van der Waals surface area contributed by atoms with Gasteiger partial charge in [0, 0.05) is 4.91 Å². The lowest BCUT2D eigenvalue weighted by molar-refractivity contribution is -0.274. The van der Waals surface area contributed by atoms with Crippen LogP contribution in [-0.2, 0) is 19.3 Å². The van der Waals surface area contributed by atoms with Gasteiger partial charge in [0.25, 0.3) is 0 Å². The molecule has 0 aromatic heterocycles. The van der Waals surface area contributed by atoms with Crippen LogP contribution in [0.1, 0.15) is 0 Å². The van der Waals surface area contributed by atoms with Crippen LogP contribution in [0.15, 0.2) is 5.11 Å². The normalized spacial score (nSPS) is 39.6. The van der Waals surface area contributed by atoms with Gasteiger partial charge >= 0.3 is 10.4 Å². The molecule has 0 spiro atoms. The molecule has 0 aromatic rings. The van der Waals surface area contributed by atoms with Crippen LogP contribution in [-0.4, -0.2) is 65.2 Å². The van der Waals surface area contributed by atoms with E-state index in [0.29, 0.717) is 0 Å². The molecular weight excluding hydrogens is 288 g/mol. The number of hydrogen-bond donors (Lipinski definition) is 5. The van der Waals surface area contributed by atoms with E-state index in [2.05, 4.69) is 18.9 Å². The number of ether oxygens (including phenoxy) is 1. The van der Waals surface area contributed by atoms with Gasteiger partial charge in [0.15, 0.2) is 12.0 Å². The second-order valence-electron chi connectivity index (χ2n) is 3.75. The highest BCUT2D eigenvalue weighted by Gasteiger charge is 2.53. The molecule has 0 aromatic carbocycles. The van der Waals surface area contributed by atoms with Crippen molar-refractivity contribution in [2.75, 3.05) is 6.61 Å². The van der Waals surface area contributed by atoms with E-state index in [1.807, 2.05) is 0 Å². The van der Waals surface area contributed by atoms with Crippen molar-refractivity contribution in [3.05, 3.63) is 10.4 Å². The molecule has 6 N–H and O–H groups in total. The Morgan fingerprint density at radius 3 is 2.53 bits per heavy atom. The molecule has 19 heavy (non-hydrogen) atoms. The molecule has 1 unspecified atom stereocenters. The lowest BCUT2D eigenvalue weighted by atomic mass is 9.92. The Bertz CT molecular complexity index is 478. The van der Waals surface area contributed by atoms with Gasteiger partial charge in [0.1, 0.15) is 18.3 Å². The molecule has 0 bridgehead atoms. The molecule has 5 atom stereocenters. The zero-order chi connectivity index (χ0) is 14.8. The highest BCUT2D eigenvalue weighted by molar-refractivity contribution is 7.80. The fourth-order valence-corrected chi connectivity index (χ4v) is 1.76. The largest absolute Gasteiger partial charge is 0.397 e. The predicted molar refractivity (Wildman–Crippen MR) is 56.5 cm³/mol. The molecular formula is C6H12N4O8S. The first-order chi connectivity index (χ1) is 8.62. The van der Waals surface area contributed by atoms with Gasteiger partial charge in [-0.2, -0.15) is 8.42 Å². The second-order valence-corrected chi connectivity index (χ2v) is 4.84. The van der Waals surface area contributed by atoms with Crippen molar-refractivity contribution in [1.29, 1.82) is 0 Å². The van der Waals surface area contributed by atoms with Gasteiger partial charge in [-0.05, 0) is 5.53 Å². The molecule has 1 fully saturated rings. The fourth-order valence-electron chi connectivity index (χ4n) is 1.45. The molecule has 0 radical (unpaired) electrons. The highest BCUT2D eigenvalue weighted by atomic mass is 32.3. The number of nitrogens with zero attached hydrogens (tertiary/aromatic N) is 3. The summed E-state index contributed by atoms with van der Waals surface area (Å²) in [4.78, 5) is 2.30. The van der Waals surface area contributed by atoms with E-state index in [1.165, 1.54) is 0 Å². The van der Waals surface area contributed by atoms with Gasteiger partial charge in [-0.3, -0.25) is 4.55 Å². The molecule has 13 heteroatoms. The Hall–Kier alpha value is -1.02. The van der Waals surface area contributed by atoms with E-state index in [0.717, 1.165) is 0 Å². The van der Waals surface area contributed by atoms with Crippen molar-refractivity contribution in [1.82, 2.24) is 0 Å². The van der Waals surface area contributed by atoms with E-state index < -0.39 is 47.3 Å². The number of hydrogen-bond acceptors (Lipinski definition) is 9. The SMILES string of the molecule is [N-]=[N+]=N[C@]1(N)C(O)O[C@H](COS(=O)(=O)O)[C@H](O)[C@@H]1O. The maximum absolute atomic E-state index is 10.4. The first-order valence-electron chi connectivity index (χ1n) is 4.78. The molecule has 0 amide bonds. The molecule has 1 heterocycles. The van der Waals surface area contributed by atoms with Gasteiger partial charge in [-0.1, -0.05) is 5.11 Å². The number of aliphatic hydroxyl groups is 3. The quantitative estimate of drug-likeness (QED) is 0.157. The van der Waals surface area contributed by atoms with Crippen molar-refractivity contribution in [3.63, 3.8) is 0 Å². The molecule has 0 saturated carbocycles. The van der Waals surface area contributed by atoms with E-state index in [1.54, 1.807) is 0 Å². The maximum Gasteiger partial charge on any atom is 0.397 e. The van der Waals surface area contributed by atoms with Crippen molar-refractivity contribution in [3.8, 4) is 0 Å².